The first-order chi connectivity index (χ1) is 7.27. The van der Waals surface area contributed by atoms with E-state index in [-0.39, 0.29) is 0 Å². The van der Waals surface area contributed by atoms with Crippen LogP contribution in [0.15, 0.2) is 18.2 Å². The Kier molecular flexibility index (Phi) is 5.47. The SMILES string of the molecule is CNCNCCc1ccc(OC)cc1Cl. The zero-order valence-corrected chi connectivity index (χ0v) is 9.90. The molecule has 3 nitrogen and oxygen atoms in total. The Labute approximate surface area is 95.8 Å². The maximum atomic E-state index is 6.10. The molecule has 4 heteroatoms. The second-order valence-corrected chi connectivity index (χ2v) is 3.64. The first kappa shape index (κ1) is 12.3. The summed E-state index contributed by atoms with van der Waals surface area (Å²) in [4.78, 5) is 0. The molecule has 0 saturated carbocycles. The highest BCUT2D eigenvalue weighted by molar-refractivity contribution is 6.31. The molecule has 0 saturated heterocycles. The molecule has 0 aliphatic rings. The number of halogens is 1. The molecular formula is C11H17ClN2O. The lowest BCUT2D eigenvalue weighted by Crippen LogP contribution is -2.27. The van der Waals surface area contributed by atoms with Crippen molar-refractivity contribution in [2.24, 2.45) is 0 Å². The minimum Gasteiger partial charge on any atom is -0.497 e. The molecule has 0 aliphatic heterocycles. The van der Waals surface area contributed by atoms with E-state index in [9.17, 15) is 0 Å². The van der Waals surface area contributed by atoms with Crippen LogP contribution in [0, 0.1) is 0 Å². The first-order valence-electron chi connectivity index (χ1n) is 4.95. The Morgan fingerprint density at radius 1 is 1.40 bits per heavy atom. The van der Waals surface area contributed by atoms with Crippen molar-refractivity contribution in [1.82, 2.24) is 10.6 Å². The Hall–Kier alpha value is -0.770. The van der Waals surface area contributed by atoms with Gasteiger partial charge in [0.2, 0.25) is 0 Å². The summed E-state index contributed by atoms with van der Waals surface area (Å²) >= 11 is 6.10. The monoisotopic (exact) mass is 228 g/mol. The number of methoxy groups -OCH3 is 1. The van der Waals surface area contributed by atoms with Gasteiger partial charge < -0.3 is 15.4 Å². The van der Waals surface area contributed by atoms with E-state index < -0.39 is 0 Å². The third kappa shape index (κ3) is 4.08. The standard InChI is InChI=1S/C11H17ClN2O/c1-13-8-14-6-5-9-3-4-10(15-2)7-11(9)12/h3-4,7,13-14H,5-6,8H2,1-2H3. The molecule has 0 radical (unpaired) electrons. The number of hydrogen-bond acceptors (Lipinski definition) is 3. The Bertz CT molecular complexity index is 305. The fourth-order valence-electron chi connectivity index (χ4n) is 1.29. The highest BCUT2D eigenvalue weighted by Crippen LogP contribution is 2.22. The maximum Gasteiger partial charge on any atom is 0.120 e. The van der Waals surface area contributed by atoms with Crippen LogP contribution in [0.2, 0.25) is 5.02 Å². The van der Waals surface area contributed by atoms with E-state index in [2.05, 4.69) is 10.6 Å². The van der Waals surface area contributed by atoms with E-state index in [1.54, 1.807) is 7.11 Å². The van der Waals surface area contributed by atoms with Gasteiger partial charge >= 0.3 is 0 Å². The van der Waals surface area contributed by atoms with Gasteiger partial charge in [-0.05, 0) is 31.2 Å². The van der Waals surface area contributed by atoms with Crippen molar-refractivity contribution in [2.45, 2.75) is 6.42 Å². The summed E-state index contributed by atoms with van der Waals surface area (Å²) in [6, 6.07) is 5.77. The van der Waals surface area contributed by atoms with E-state index >= 15 is 0 Å². The summed E-state index contributed by atoms with van der Waals surface area (Å²) in [6.45, 7) is 1.72. The maximum absolute atomic E-state index is 6.10. The van der Waals surface area contributed by atoms with Crippen LogP contribution in [-0.2, 0) is 6.42 Å². The molecule has 15 heavy (non-hydrogen) atoms. The first-order valence-corrected chi connectivity index (χ1v) is 5.33. The normalized spacial score (nSPS) is 10.3. The van der Waals surface area contributed by atoms with Gasteiger partial charge in [-0.2, -0.15) is 0 Å². The van der Waals surface area contributed by atoms with Crippen molar-refractivity contribution in [3.8, 4) is 5.75 Å². The number of benzene rings is 1. The summed E-state index contributed by atoms with van der Waals surface area (Å²) in [5, 5.41) is 7.03. The number of nitrogens with one attached hydrogen (secondary N) is 2. The van der Waals surface area contributed by atoms with Crippen LogP contribution in [0.4, 0.5) is 0 Å². The van der Waals surface area contributed by atoms with Crippen LogP contribution in [0.5, 0.6) is 5.75 Å². The van der Waals surface area contributed by atoms with E-state index in [4.69, 9.17) is 16.3 Å². The molecule has 0 aromatic heterocycles. The van der Waals surface area contributed by atoms with Crippen LogP contribution in [-0.4, -0.2) is 27.4 Å². The lowest BCUT2D eigenvalue weighted by Gasteiger charge is -2.07. The van der Waals surface area contributed by atoms with Crippen LogP contribution in [0.1, 0.15) is 5.56 Å². The fraction of sp³-hybridized carbons (Fsp3) is 0.455. The van der Waals surface area contributed by atoms with Gasteiger partial charge in [-0.15, -0.1) is 0 Å². The quantitative estimate of drug-likeness (QED) is 0.574. The number of ether oxygens (including phenoxy) is 1. The van der Waals surface area contributed by atoms with E-state index in [0.29, 0.717) is 0 Å². The average molecular weight is 229 g/mol. The third-order valence-corrected chi connectivity index (χ3v) is 2.48. The van der Waals surface area contributed by atoms with Crippen molar-refractivity contribution >= 4 is 11.6 Å². The van der Waals surface area contributed by atoms with Gasteiger partial charge in [-0.3, -0.25) is 0 Å². The minimum atomic E-state index is 0.764. The molecule has 84 valence electrons. The molecule has 0 spiro atoms. The molecule has 0 heterocycles. The predicted octanol–water partition coefficient (Wildman–Crippen LogP) is 1.66. The van der Waals surface area contributed by atoms with Gasteiger partial charge in [0.15, 0.2) is 0 Å². The molecule has 0 unspecified atom stereocenters. The Balaban J connectivity index is 2.47. The van der Waals surface area contributed by atoms with Gasteiger partial charge in [0, 0.05) is 18.2 Å². The highest BCUT2D eigenvalue weighted by atomic mass is 35.5. The van der Waals surface area contributed by atoms with Crippen molar-refractivity contribution in [1.29, 1.82) is 0 Å². The Morgan fingerprint density at radius 2 is 2.20 bits per heavy atom. The van der Waals surface area contributed by atoms with Crippen molar-refractivity contribution in [3.05, 3.63) is 28.8 Å². The van der Waals surface area contributed by atoms with Crippen LogP contribution in [0.3, 0.4) is 0 Å². The predicted molar refractivity (Wildman–Crippen MR) is 63.6 cm³/mol. The topological polar surface area (TPSA) is 33.3 Å². The number of hydrogen-bond donors (Lipinski definition) is 2. The number of rotatable bonds is 6. The van der Waals surface area contributed by atoms with Gasteiger partial charge in [0.25, 0.3) is 0 Å². The summed E-state index contributed by atoms with van der Waals surface area (Å²) in [6.07, 6.45) is 0.921. The molecule has 1 aromatic carbocycles. The van der Waals surface area contributed by atoms with Crippen LogP contribution < -0.4 is 15.4 Å². The second-order valence-electron chi connectivity index (χ2n) is 3.24. The third-order valence-electron chi connectivity index (χ3n) is 2.13. The second kappa shape index (κ2) is 6.67. The van der Waals surface area contributed by atoms with Gasteiger partial charge in [0.05, 0.1) is 7.11 Å². The van der Waals surface area contributed by atoms with E-state index in [1.165, 1.54) is 0 Å². The minimum absolute atomic E-state index is 0.764. The summed E-state index contributed by atoms with van der Waals surface area (Å²) < 4.78 is 5.08. The molecular weight excluding hydrogens is 212 g/mol. The van der Waals surface area contributed by atoms with Gasteiger partial charge in [-0.1, -0.05) is 17.7 Å². The smallest absolute Gasteiger partial charge is 0.120 e. The lowest BCUT2D eigenvalue weighted by molar-refractivity contribution is 0.414. The molecule has 0 bridgehead atoms. The zero-order chi connectivity index (χ0) is 11.1. The largest absolute Gasteiger partial charge is 0.497 e. The van der Waals surface area contributed by atoms with Gasteiger partial charge in [-0.25, -0.2) is 0 Å². The van der Waals surface area contributed by atoms with Crippen LogP contribution in [0.25, 0.3) is 0 Å². The molecule has 0 fully saturated rings. The molecule has 2 N–H and O–H groups in total. The van der Waals surface area contributed by atoms with Crippen LogP contribution >= 0.6 is 11.6 Å². The van der Waals surface area contributed by atoms with Crippen molar-refractivity contribution < 1.29 is 4.74 Å². The molecule has 0 amide bonds. The highest BCUT2D eigenvalue weighted by Gasteiger charge is 2.01. The average Bonchev–Trinajstić information content (AvgIpc) is 2.26. The summed E-state index contributed by atoms with van der Waals surface area (Å²) in [5.74, 6) is 0.798. The van der Waals surface area contributed by atoms with Crippen molar-refractivity contribution in [3.63, 3.8) is 0 Å². The lowest BCUT2D eigenvalue weighted by atomic mass is 10.1. The fourth-order valence-corrected chi connectivity index (χ4v) is 1.56. The van der Waals surface area contributed by atoms with E-state index in [1.807, 2.05) is 25.2 Å². The summed E-state index contributed by atoms with van der Waals surface area (Å²) in [7, 11) is 3.55. The summed E-state index contributed by atoms with van der Waals surface area (Å²) in [5.41, 5.74) is 1.14. The Morgan fingerprint density at radius 3 is 2.80 bits per heavy atom. The molecule has 1 aromatic rings. The molecule has 0 aliphatic carbocycles. The molecule has 1 rings (SSSR count). The molecule has 0 atom stereocenters. The van der Waals surface area contributed by atoms with E-state index in [0.717, 1.165) is 36.0 Å². The van der Waals surface area contributed by atoms with Crippen molar-refractivity contribution in [2.75, 3.05) is 27.4 Å². The van der Waals surface area contributed by atoms with Gasteiger partial charge in [0.1, 0.15) is 5.75 Å². The zero-order valence-electron chi connectivity index (χ0n) is 9.14.